The summed E-state index contributed by atoms with van der Waals surface area (Å²) in [5.74, 6) is -0.298. The summed E-state index contributed by atoms with van der Waals surface area (Å²) in [5, 5.41) is 0. The van der Waals surface area contributed by atoms with E-state index < -0.39 is 0 Å². The molecule has 0 aliphatic carbocycles. The van der Waals surface area contributed by atoms with Crippen LogP contribution in [0.4, 0.5) is 0 Å². The topological polar surface area (TPSA) is 26.3 Å². The van der Waals surface area contributed by atoms with Crippen LogP contribution < -0.4 is 0 Å². The van der Waals surface area contributed by atoms with Gasteiger partial charge >= 0.3 is 5.97 Å². The number of carbonyl (C=O) groups excluding carboxylic acids is 1. The first-order chi connectivity index (χ1) is 8.25. The molecule has 0 bridgehead atoms. The quantitative estimate of drug-likeness (QED) is 0.804. The lowest BCUT2D eigenvalue weighted by atomic mass is 10.2. The third-order valence-corrected chi connectivity index (χ3v) is 2.82. The second-order valence-corrected chi connectivity index (χ2v) is 4.48. The Labute approximate surface area is 108 Å². The van der Waals surface area contributed by atoms with Crippen molar-refractivity contribution in [2.45, 2.75) is 6.61 Å². The van der Waals surface area contributed by atoms with Crippen LogP contribution in [0.3, 0.4) is 0 Å². The zero-order chi connectivity index (χ0) is 12.1. The Hall–Kier alpha value is -1.61. The maximum absolute atomic E-state index is 11.7. The number of halogens is 1. The van der Waals surface area contributed by atoms with Crippen molar-refractivity contribution in [2.75, 3.05) is 0 Å². The van der Waals surface area contributed by atoms with Gasteiger partial charge in [-0.1, -0.05) is 46.3 Å². The highest BCUT2D eigenvalue weighted by molar-refractivity contribution is 9.10. The van der Waals surface area contributed by atoms with E-state index in [0.717, 1.165) is 10.0 Å². The normalized spacial score (nSPS) is 9.94. The van der Waals surface area contributed by atoms with Crippen LogP contribution in [0, 0.1) is 0 Å². The number of esters is 1. The first kappa shape index (κ1) is 11.9. The molecule has 0 saturated heterocycles. The summed E-state index contributed by atoms with van der Waals surface area (Å²) in [6.07, 6.45) is 0. The average Bonchev–Trinajstić information content (AvgIpc) is 2.39. The van der Waals surface area contributed by atoms with Gasteiger partial charge in [0.2, 0.25) is 0 Å². The summed E-state index contributed by atoms with van der Waals surface area (Å²) < 4.78 is 6.21. The van der Waals surface area contributed by atoms with Crippen LogP contribution in [-0.2, 0) is 11.3 Å². The van der Waals surface area contributed by atoms with E-state index in [1.54, 1.807) is 12.1 Å². The minimum absolute atomic E-state index is 0.293. The van der Waals surface area contributed by atoms with Gasteiger partial charge in [0.15, 0.2) is 0 Å². The fraction of sp³-hybridized carbons (Fsp3) is 0.0714. The van der Waals surface area contributed by atoms with E-state index in [0.29, 0.717) is 12.2 Å². The van der Waals surface area contributed by atoms with Crippen LogP contribution >= 0.6 is 15.9 Å². The van der Waals surface area contributed by atoms with Crippen molar-refractivity contribution in [3.05, 3.63) is 70.2 Å². The number of benzene rings is 2. The predicted molar refractivity (Wildman–Crippen MR) is 69.7 cm³/mol. The fourth-order valence-electron chi connectivity index (χ4n) is 1.39. The molecule has 2 rings (SSSR count). The zero-order valence-electron chi connectivity index (χ0n) is 9.10. The number of hydrogen-bond donors (Lipinski definition) is 0. The molecule has 2 aromatic rings. The van der Waals surface area contributed by atoms with Crippen LogP contribution in [0.2, 0.25) is 0 Å². The highest BCUT2D eigenvalue weighted by Gasteiger charge is 2.05. The SMILES string of the molecule is O=C(OCc1ccc(Br)cc1)c1ccccc1. The molecule has 3 heteroatoms. The lowest BCUT2D eigenvalue weighted by molar-refractivity contribution is 0.0472. The summed E-state index contributed by atoms with van der Waals surface area (Å²) in [4.78, 5) is 11.7. The molecule has 2 aromatic carbocycles. The first-order valence-corrected chi connectivity index (χ1v) is 6.01. The van der Waals surface area contributed by atoms with Gasteiger partial charge in [-0.25, -0.2) is 4.79 Å². The Morgan fingerprint density at radius 3 is 2.29 bits per heavy atom. The van der Waals surface area contributed by atoms with Crippen LogP contribution in [-0.4, -0.2) is 5.97 Å². The molecular weight excluding hydrogens is 280 g/mol. The fourth-order valence-corrected chi connectivity index (χ4v) is 1.65. The Balaban J connectivity index is 1.95. The maximum atomic E-state index is 11.7. The van der Waals surface area contributed by atoms with Gasteiger partial charge in [-0.3, -0.25) is 0 Å². The molecule has 0 heterocycles. The minimum atomic E-state index is -0.298. The molecule has 0 saturated carbocycles. The third kappa shape index (κ3) is 3.43. The monoisotopic (exact) mass is 290 g/mol. The second kappa shape index (κ2) is 5.64. The molecule has 0 atom stereocenters. The molecule has 0 fully saturated rings. The molecule has 0 amide bonds. The summed E-state index contributed by atoms with van der Waals surface area (Å²) in [6.45, 7) is 0.293. The molecule has 0 aromatic heterocycles. The molecular formula is C14H11BrO2. The van der Waals surface area contributed by atoms with Crippen molar-refractivity contribution in [3.63, 3.8) is 0 Å². The molecule has 0 aliphatic heterocycles. The standard InChI is InChI=1S/C14H11BrO2/c15-13-8-6-11(7-9-13)10-17-14(16)12-4-2-1-3-5-12/h1-9H,10H2. The van der Waals surface area contributed by atoms with Crippen molar-refractivity contribution >= 4 is 21.9 Å². The van der Waals surface area contributed by atoms with E-state index in [-0.39, 0.29) is 5.97 Å². The first-order valence-electron chi connectivity index (χ1n) is 5.22. The van der Waals surface area contributed by atoms with Gasteiger partial charge in [-0.15, -0.1) is 0 Å². The lowest BCUT2D eigenvalue weighted by Gasteiger charge is -2.04. The zero-order valence-corrected chi connectivity index (χ0v) is 10.7. The highest BCUT2D eigenvalue weighted by atomic mass is 79.9. The van der Waals surface area contributed by atoms with Gasteiger partial charge in [-0.05, 0) is 29.8 Å². The van der Waals surface area contributed by atoms with Crippen molar-refractivity contribution in [2.24, 2.45) is 0 Å². The summed E-state index contributed by atoms with van der Waals surface area (Å²) in [5.41, 5.74) is 1.54. The van der Waals surface area contributed by atoms with Crippen LogP contribution in [0.5, 0.6) is 0 Å². The lowest BCUT2D eigenvalue weighted by Crippen LogP contribution is -2.04. The summed E-state index contributed by atoms with van der Waals surface area (Å²) in [7, 11) is 0. The molecule has 0 spiro atoms. The third-order valence-electron chi connectivity index (χ3n) is 2.29. The molecule has 17 heavy (non-hydrogen) atoms. The van der Waals surface area contributed by atoms with Gasteiger partial charge in [0.05, 0.1) is 5.56 Å². The largest absolute Gasteiger partial charge is 0.457 e. The predicted octanol–water partition coefficient (Wildman–Crippen LogP) is 3.81. The Bertz CT molecular complexity index is 491. The van der Waals surface area contributed by atoms with E-state index >= 15 is 0 Å². The van der Waals surface area contributed by atoms with E-state index in [4.69, 9.17) is 4.74 Å². The van der Waals surface area contributed by atoms with Crippen molar-refractivity contribution in [3.8, 4) is 0 Å². The summed E-state index contributed by atoms with van der Waals surface area (Å²) in [6, 6.07) is 16.7. The van der Waals surface area contributed by atoms with Crippen molar-refractivity contribution < 1.29 is 9.53 Å². The van der Waals surface area contributed by atoms with Gasteiger partial charge in [0.25, 0.3) is 0 Å². The average molecular weight is 291 g/mol. The van der Waals surface area contributed by atoms with Gasteiger partial charge in [-0.2, -0.15) is 0 Å². The van der Waals surface area contributed by atoms with E-state index in [9.17, 15) is 4.79 Å². The highest BCUT2D eigenvalue weighted by Crippen LogP contribution is 2.12. The number of rotatable bonds is 3. The minimum Gasteiger partial charge on any atom is -0.457 e. The molecule has 2 nitrogen and oxygen atoms in total. The van der Waals surface area contributed by atoms with E-state index in [1.807, 2.05) is 42.5 Å². The van der Waals surface area contributed by atoms with Crippen molar-refractivity contribution in [1.29, 1.82) is 0 Å². The van der Waals surface area contributed by atoms with Gasteiger partial charge < -0.3 is 4.74 Å². The van der Waals surface area contributed by atoms with E-state index in [2.05, 4.69) is 15.9 Å². The molecule has 0 unspecified atom stereocenters. The number of hydrogen-bond acceptors (Lipinski definition) is 2. The number of ether oxygens (including phenoxy) is 1. The Morgan fingerprint density at radius 1 is 1.00 bits per heavy atom. The second-order valence-electron chi connectivity index (χ2n) is 3.57. The Kier molecular flexibility index (Phi) is 3.94. The van der Waals surface area contributed by atoms with Crippen LogP contribution in [0.1, 0.15) is 15.9 Å². The van der Waals surface area contributed by atoms with Gasteiger partial charge in [0.1, 0.15) is 6.61 Å². The molecule has 0 N–H and O–H groups in total. The molecule has 86 valence electrons. The van der Waals surface area contributed by atoms with Crippen molar-refractivity contribution in [1.82, 2.24) is 0 Å². The van der Waals surface area contributed by atoms with Gasteiger partial charge in [0, 0.05) is 4.47 Å². The van der Waals surface area contributed by atoms with E-state index in [1.165, 1.54) is 0 Å². The molecule has 0 radical (unpaired) electrons. The molecule has 0 aliphatic rings. The Morgan fingerprint density at radius 2 is 1.65 bits per heavy atom. The maximum Gasteiger partial charge on any atom is 0.338 e. The number of carbonyl (C=O) groups is 1. The summed E-state index contributed by atoms with van der Waals surface area (Å²) >= 11 is 3.35. The van der Waals surface area contributed by atoms with Crippen LogP contribution in [0.15, 0.2) is 59.1 Å². The van der Waals surface area contributed by atoms with Crippen LogP contribution in [0.25, 0.3) is 0 Å². The smallest absolute Gasteiger partial charge is 0.338 e.